The van der Waals surface area contributed by atoms with E-state index in [2.05, 4.69) is 108 Å². The number of allylic oxidation sites excluding steroid dienone is 3. The van der Waals surface area contributed by atoms with Crippen LogP contribution in [0.2, 0.25) is 0 Å². The summed E-state index contributed by atoms with van der Waals surface area (Å²) in [5, 5.41) is 7.07. The molecule has 0 amide bonds. The van der Waals surface area contributed by atoms with E-state index in [0.717, 1.165) is 40.5 Å². The van der Waals surface area contributed by atoms with E-state index in [1.54, 1.807) is 0 Å². The molecule has 0 saturated carbocycles. The molecule has 0 fully saturated rings. The van der Waals surface area contributed by atoms with Crippen LogP contribution in [0.15, 0.2) is 109 Å². The van der Waals surface area contributed by atoms with Crippen LogP contribution in [0.3, 0.4) is 0 Å². The second kappa shape index (κ2) is 7.91. The molecule has 174 valence electrons. The van der Waals surface area contributed by atoms with E-state index in [1.165, 1.54) is 49.5 Å². The average Bonchev–Trinajstić information content (AvgIpc) is 2.97. The zero-order chi connectivity index (χ0) is 24.3. The third-order valence-corrected chi connectivity index (χ3v) is 7.84. The maximum atomic E-state index is 6.97. The first kappa shape index (κ1) is 20.5. The summed E-state index contributed by atoms with van der Waals surface area (Å²) in [5.74, 6) is 1.82. The summed E-state index contributed by atoms with van der Waals surface area (Å²) >= 11 is 0. The van der Waals surface area contributed by atoms with Gasteiger partial charge in [-0.05, 0) is 69.0 Å². The Kier molecular flexibility index (Phi) is 4.38. The van der Waals surface area contributed by atoms with E-state index in [0.29, 0.717) is 0 Å². The third-order valence-electron chi connectivity index (χ3n) is 7.84. The molecule has 2 aliphatic rings. The molecule has 0 radical (unpaired) electrons. The maximum Gasteiger partial charge on any atom is 0.143 e. The first-order chi connectivity index (χ1) is 18.4. The molecule has 1 aromatic heterocycles. The summed E-state index contributed by atoms with van der Waals surface area (Å²) in [6, 6.07) is 30.1. The molecule has 5 aromatic carbocycles. The van der Waals surface area contributed by atoms with Crippen molar-refractivity contribution in [3.8, 4) is 22.6 Å². The lowest BCUT2D eigenvalue weighted by atomic mass is 9.81. The van der Waals surface area contributed by atoms with Crippen molar-refractivity contribution in [2.24, 2.45) is 0 Å². The van der Waals surface area contributed by atoms with Crippen LogP contribution in [0.1, 0.15) is 23.1 Å². The number of benzene rings is 5. The van der Waals surface area contributed by atoms with Crippen LogP contribution in [0.5, 0.6) is 11.5 Å². The number of rotatable bonds is 3. The summed E-state index contributed by atoms with van der Waals surface area (Å²) in [4.78, 5) is 4.51. The summed E-state index contributed by atoms with van der Waals surface area (Å²) in [7, 11) is 0. The highest BCUT2D eigenvalue weighted by atomic mass is 16.5. The monoisotopic (exact) mass is 473 g/mol. The third kappa shape index (κ3) is 3.02. The Morgan fingerprint density at radius 3 is 2.41 bits per heavy atom. The number of ether oxygens (including phenoxy) is 1. The number of hydrogen-bond donors (Lipinski definition) is 0. The van der Waals surface area contributed by atoms with Crippen molar-refractivity contribution in [3.63, 3.8) is 0 Å². The van der Waals surface area contributed by atoms with Crippen molar-refractivity contribution in [2.45, 2.75) is 12.8 Å². The molecule has 2 heteroatoms. The largest absolute Gasteiger partial charge is 0.456 e. The minimum absolute atomic E-state index is 0.881. The van der Waals surface area contributed by atoms with Gasteiger partial charge in [-0.3, -0.25) is 4.98 Å². The fourth-order valence-electron chi connectivity index (χ4n) is 6.21. The van der Waals surface area contributed by atoms with E-state index in [9.17, 15) is 0 Å². The highest BCUT2D eigenvalue weighted by molar-refractivity contribution is 6.17. The SMILES string of the molecule is C1=Cc2ccc3ccc(Oc4c5ccccc5c(-c5ccccc5)c5cnccc45)c4c3c2C(=CC4)C1. The molecule has 1 heterocycles. The molecular formula is C35H23NO. The fraction of sp³-hybridized carbons (Fsp3) is 0.0571. The van der Waals surface area contributed by atoms with Crippen LogP contribution in [-0.2, 0) is 6.42 Å². The number of aromatic nitrogens is 1. The lowest BCUT2D eigenvalue weighted by Gasteiger charge is -2.25. The van der Waals surface area contributed by atoms with Gasteiger partial charge in [0.2, 0.25) is 0 Å². The van der Waals surface area contributed by atoms with Crippen LogP contribution in [-0.4, -0.2) is 4.98 Å². The van der Waals surface area contributed by atoms with E-state index >= 15 is 0 Å². The van der Waals surface area contributed by atoms with E-state index in [1.807, 2.05) is 12.4 Å². The molecule has 0 N–H and O–H groups in total. The van der Waals surface area contributed by atoms with Gasteiger partial charge in [0.25, 0.3) is 0 Å². The highest BCUT2D eigenvalue weighted by Gasteiger charge is 2.23. The molecule has 2 aliphatic carbocycles. The predicted molar refractivity (Wildman–Crippen MR) is 154 cm³/mol. The molecule has 8 rings (SSSR count). The second-order valence-corrected chi connectivity index (χ2v) is 9.85. The Hall–Kier alpha value is -4.69. The summed E-state index contributed by atoms with van der Waals surface area (Å²) in [6.07, 6.45) is 12.6. The number of fused-ring (bicyclic) bond motifs is 2. The minimum atomic E-state index is 0.881. The van der Waals surface area contributed by atoms with Gasteiger partial charge in [0.15, 0.2) is 0 Å². The Balaban J connectivity index is 1.40. The Morgan fingerprint density at radius 2 is 1.49 bits per heavy atom. The molecule has 6 aromatic rings. The molecule has 0 saturated heterocycles. The van der Waals surface area contributed by atoms with Crippen molar-refractivity contribution in [2.75, 3.05) is 0 Å². The van der Waals surface area contributed by atoms with Crippen LogP contribution in [0.4, 0.5) is 0 Å². The molecule has 2 nitrogen and oxygen atoms in total. The predicted octanol–water partition coefficient (Wildman–Crippen LogP) is 9.36. The van der Waals surface area contributed by atoms with Gasteiger partial charge in [-0.1, -0.05) is 91.0 Å². The van der Waals surface area contributed by atoms with E-state index < -0.39 is 0 Å². The zero-order valence-electron chi connectivity index (χ0n) is 20.2. The maximum absolute atomic E-state index is 6.97. The van der Waals surface area contributed by atoms with Crippen LogP contribution in [0.25, 0.3) is 55.1 Å². The number of nitrogens with zero attached hydrogens (tertiary/aromatic N) is 1. The molecule has 0 unspecified atom stereocenters. The van der Waals surface area contributed by atoms with E-state index in [-0.39, 0.29) is 0 Å². The molecule has 0 spiro atoms. The smallest absolute Gasteiger partial charge is 0.143 e. The molecular weight excluding hydrogens is 450 g/mol. The van der Waals surface area contributed by atoms with Crippen LogP contribution in [0, 0.1) is 0 Å². The lowest BCUT2D eigenvalue weighted by Crippen LogP contribution is -2.04. The van der Waals surface area contributed by atoms with Gasteiger partial charge in [0.05, 0.1) is 0 Å². The van der Waals surface area contributed by atoms with Crippen molar-refractivity contribution in [1.82, 2.24) is 4.98 Å². The van der Waals surface area contributed by atoms with Crippen molar-refractivity contribution in [1.29, 1.82) is 0 Å². The zero-order valence-corrected chi connectivity index (χ0v) is 20.2. The average molecular weight is 474 g/mol. The van der Waals surface area contributed by atoms with Gasteiger partial charge in [0.1, 0.15) is 11.5 Å². The Labute approximate surface area is 215 Å². The topological polar surface area (TPSA) is 22.1 Å². The second-order valence-electron chi connectivity index (χ2n) is 9.85. The normalized spacial score (nSPS) is 13.8. The highest BCUT2D eigenvalue weighted by Crippen LogP contribution is 2.47. The molecule has 0 bridgehead atoms. The molecule has 0 aliphatic heterocycles. The number of pyridine rings is 1. The quantitative estimate of drug-likeness (QED) is 0.239. The lowest BCUT2D eigenvalue weighted by molar-refractivity contribution is 0.489. The minimum Gasteiger partial charge on any atom is -0.456 e. The van der Waals surface area contributed by atoms with Crippen molar-refractivity contribution < 1.29 is 4.74 Å². The standard InChI is InChI=1S/C35H23NO/c1-2-7-22(8-3-1)33-26-11-4-5-12-27(26)35(28-19-20-36-21-30(28)33)37-31-18-16-25-14-13-23-9-6-10-24-15-17-29(31)34(25)32(23)24/h1-9,11-16,18-21H,10,17H2. The van der Waals surface area contributed by atoms with Gasteiger partial charge in [-0.25, -0.2) is 0 Å². The van der Waals surface area contributed by atoms with Gasteiger partial charge < -0.3 is 4.74 Å². The van der Waals surface area contributed by atoms with Crippen molar-refractivity contribution >= 4 is 44.0 Å². The first-order valence-electron chi connectivity index (χ1n) is 12.8. The first-order valence-corrected chi connectivity index (χ1v) is 12.8. The van der Waals surface area contributed by atoms with Gasteiger partial charge >= 0.3 is 0 Å². The Morgan fingerprint density at radius 1 is 0.676 bits per heavy atom. The van der Waals surface area contributed by atoms with Crippen molar-refractivity contribution in [3.05, 3.63) is 126 Å². The van der Waals surface area contributed by atoms with Gasteiger partial charge in [0, 0.05) is 34.1 Å². The Bertz CT molecular complexity index is 1890. The van der Waals surface area contributed by atoms with Gasteiger partial charge in [-0.2, -0.15) is 0 Å². The summed E-state index contributed by atoms with van der Waals surface area (Å²) in [5.41, 5.74) is 7.76. The van der Waals surface area contributed by atoms with E-state index in [4.69, 9.17) is 4.74 Å². The summed E-state index contributed by atoms with van der Waals surface area (Å²) in [6.45, 7) is 0. The molecule has 37 heavy (non-hydrogen) atoms. The number of hydrogen-bond acceptors (Lipinski definition) is 2. The van der Waals surface area contributed by atoms with Crippen LogP contribution >= 0.6 is 0 Å². The molecule has 0 atom stereocenters. The fourth-order valence-corrected chi connectivity index (χ4v) is 6.21. The summed E-state index contributed by atoms with van der Waals surface area (Å²) < 4.78 is 6.97. The van der Waals surface area contributed by atoms with Gasteiger partial charge in [-0.15, -0.1) is 0 Å². The van der Waals surface area contributed by atoms with Crippen LogP contribution < -0.4 is 4.74 Å².